The minimum atomic E-state index is -0.507. The first-order valence-corrected chi connectivity index (χ1v) is 26.7. The molecule has 6 heterocycles. The van der Waals surface area contributed by atoms with Crippen molar-refractivity contribution in [1.29, 1.82) is 0 Å². The molecule has 3 atom stereocenters. The number of rotatable bonds is 15. The summed E-state index contributed by atoms with van der Waals surface area (Å²) >= 11 is 1.45. The molecule has 0 radical (unpaired) electrons. The third-order valence-electron chi connectivity index (χ3n) is 16.6. The van der Waals surface area contributed by atoms with E-state index in [1.54, 1.807) is 11.7 Å². The molecular formula is C56H59N11O5S. The summed E-state index contributed by atoms with van der Waals surface area (Å²) in [6.45, 7) is 4.56. The Morgan fingerprint density at radius 2 is 1.73 bits per heavy atom. The molecule has 13 rings (SSSR count). The molecule has 374 valence electrons. The van der Waals surface area contributed by atoms with Gasteiger partial charge in [-0.15, -0.1) is 0 Å². The van der Waals surface area contributed by atoms with E-state index in [0.29, 0.717) is 90.7 Å². The standard InChI is InChI=1S/C56H59N11O5S/c1-32-42(29-58-67(32)31-56-27-33-23-34(28-56)25-36(56)24-33)38-16-18-47(66-22-20-35-9-8-10-39(43(35)30-66)52(70)63-55-60-44-11-5-6-12-46(44)73-55)61-51(38)54(72)57-21-7-3-4-13-48(68)59-37-14-15-40-45(26-37)65(2)64-50(40)41-17-19-49(69)62-53(41)71/h5-6,8-12,14-16,18,26,29,33-34,36,41H,3-4,7,13,17,19-25,27-28,30-31H2,1-2H3,(H,57,72)(H,59,68)(H,60,63,70)(H,62,69,71). The molecule has 17 heteroatoms. The predicted octanol–water partition coefficient (Wildman–Crippen LogP) is 8.84. The van der Waals surface area contributed by atoms with Gasteiger partial charge in [0.05, 0.1) is 33.5 Å². The number of amides is 5. The number of hydrogen-bond acceptors (Lipinski definition) is 11. The van der Waals surface area contributed by atoms with Gasteiger partial charge in [0.1, 0.15) is 11.5 Å². The van der Waals surface area contributed by atoms with Gasteiger partial charge >= 0.3 is 0 Å². The maximum atomic E-state index is 14.4. The molecule has 0 spiro atoms. The van der Waals surface area contributed by atoms with E-state index in [0.717, 1.165) is 79.8 Å². The lowest BCUT2D eigenvalue weighted by Crippen LogP contribution is -2.39. The predicted molar refractivity (Wildman–Crippen MR) is 280 cm³/mol. The van der Waals surface area contributed by atoms with Crippen LogP contribution in [-0.4, -0.2) is 72.2 Å². The van der Waals surface area contributed by atoms with Crippen molar-refractivity contribution < 1.29 is 24.0 Å². The molecule has 7 aromatic rings. The fourth-order valence-corrected chi connectivity index (χ4v) is 14.0. The third kappa shape index (κ3) is 8.95. The van der Waals surface area contributed by atoms with E-state index in [2.05, 4.69) is 53.9 Å². The molecule has 5 amide bonds. The lowest BCUT2D eigenvalue weighted by atomic mass is 9.75. The minimum absolute atomic E-state index is 0.119. The van der Waals surface area contributed by atoms with Crippen molar-refractivity contribution in [2.45, 2.75) is 103 Å². The molecule has 6 aliphatic rings. The van der Waals surface area contributed by atoms with E-state index in [4.69, 9.17) is 10.1 Å². The van der Waals surface area contributed by atoms with Crippen LogP contribution in [0.15, 0.2) is 79.0 Å². The number of nitrogens with zero attached hydrogens (tertiary/aromatic N) is 7. The summed E-state index contributed by atoms with van der Waals surface area (Å²) in [7, 11) is 1.80. The van der Waals surface area contributed by atoms with Crippen LogP contribution in [0.5, 0.6) is 0 Å². The average Bonchev–Trinajstić information content (AvgIpc) is 4.16. The van der Waals surface area contributed by atoms with Crippen LogP contribution in [0.4, 0.5) is 16.6 Å². The Morgan fingerprint density at radius 3 is 2.56 bits per heavy atom. The van der Waals surface area contributed by atoms with Gasteiger partial charge in [0, 0.05) is 79.5 Å². The number of piperidine rings is 1. The molecule has 5 fully saturated rings. The fraction of sp³-hybridized carbons (Fsp3) is 0.411. The van der Waals surface area contributed by atoms with Crippen LogP contribution in [0.3, 0.4) is 0 Å². The molecule has 3 aromatic carbocycles. The Morgan fingerprint density at radius 1 is 0.877 bits per heavy atom. The molecule has 4 aromatic heterocycles. The SMILES string of the molecule is Cc1c(-c2ccc(N3CCc4cccc(C(=O)Nc5nc6ccccc6s5)c4C3)nc2C(=O)NCCCCCC(=O)Nc2ccc3c(C4CCC(=O)NC4=O)nn(C)c3c2)cnn1CC12CC3CC(CC1C3)C2. The quantitative estimate of drug-likeness (QED) is 0.0569. The number of anilines is 3. The Balaban J connectivity index is 0.721. The molecule has 16 nitrogen and oxygen atoms in total. The van der Waals surface area contributed by atoms with Crippen LogP contribution in [0.25, 0.3) is 32.2 Å². The number of aromatic nitrogens is 6. The van der Waals surface area contributed by atoms with E-state index in [-0.39, 0.29) is 36.0 Å². The number of fused-ring (bicyclic) bond motifs is 3. The van der Waals surface area contributed by atoms with Crippen LogP contribution < -0.4 is 26.2 Å². The van der Waals surface area contributed by atoms with Crippen LogP contribution in [0.1, 0.15) is 120 Å². The Kier molecular flexibility index (Phi) is 12.2. The van der Waals surface area contributed by atoms with E-state index in [9.17, 15) is 24.0 Å². The minimum Gasteiger partial charge on any atom is -0.352 e. The highest BCUT2D eigenvalue weighted by Crippen LogP contribution is 2.66. The summed E-state index contributed by atoms with van der Waals surface area (Å²) in [5.74, 6) is 1.42. The highest BCUT2D eigenvalue weighted by Gasteiger charge is 2.57. The summed E-state index contributed by atoms with van der Waals surface area (Å²) in [5, 5.41) is 22.6. The molecule has 4 aliphatic carbocycles. The molecular weight excluding hydrogens is 939 g/mol. The number of benzene rings is 3. The number of carbonyl (C=O) groups is 5. The number of imide groups is 1. The first-order valence-electron chi connectivity index (χ1n) is 25.9. The number of hydrogen-bond donors (Lipinski definition) is 4. The molecule has 73 heavy (non-hydrogen) atoms. The van der Waals surface area contributed by atoms with Crippen molar-refractivity contribution in [3.8, 4) is 11.1 Å². The number of nitrogens with one attached hydrogen (secondary N) is 4. The molecule has 4 saturated carbocycles. The van der Waals surface area contributed by atoms with Crippen molar-refractivity contribution in [2.24, 2.45) is 30.2 Å². The topological polar surface area (TPSA) is 198 Å². The van der Waals surface area contributed by atoms with Gasteiger partial charge < -0.3 is 15.5 Å². The van der Waals surface area contributed by atoms with Gasteiger partial charge in [-0.3, -0.25) is 44.0 Å². The normalized spacial score (nSPS) is 22.0. The second kappa shape index (κ2) is 19.0. The van der Waals surface area contributed by atoms with Gasteiger partial charge in [0.2, 0.25) is 17.7 Å². The Labute approximate surface area is 426 Å². The number of pyridine rings is 1. The second-order valence-electron chi connectivity index (χ2n) is 21.2. The third-order valence-corrected chi connectivity index (χ3v) is 17.5. The first kappa shape index (κ1) is 46.8. The number of aryl methyl sites for hydroxylation is 1. The smallest absolute Gasteiger partial charge is 0.270 e. The Bertz CT molecular complexity index is 3330. The number of unbranched alkanes of at least 4 members (excludes halogenated alkanes) is 2. The summed E-state index contributed by atoms with van der Waals surface area (Å²) in [5.41, 5.74) is 8.84. The Hall–Kier alpha value is -7.27. The zero-order valence-electron chi connectivity index (χ0n) is 41.2. The van der Waals surface area contributed by atoms with E-state index < -0.39 is 5.92 Å². The maximum absolute atomic E-state index is 14.4. The van der Waals surface area contributed by atoms with Gasteiger partial charge in [-0.25, -0.2) is 9.97 Å². The van der Waals surface area contributed by atoms with Gasteiger partial charge in [-0.2, -0.15) is 10.2 Å². The van der Waals surface area contributed by atoms with Crippen LogP contribution >= 0.6 is 11.3 Å². The highest BCUT2D eigenvalue weighted by atomic mass is 32.1. The maximum Gasteiger partial charge on any atom is 0.270 e. The summed E-state index contributed by atoms with van der Waals surface area (Å²) in [4.78, 5) is 77.7. The molecule has 2 aliphatic heterocycles. The van der Waals surface area contributed by atoms with E-state index >= 15 is 0 Å². The molecule has 3 unspecified atom stereocenters. The van der Waals surface area contributed by atoms with Crippen LogP contribution in [-0.2, 0) is 40.9 Å². The van der Waals surface area contributed by atoms with Crippen LogP contribution in [0.2, 0.25) is 0 Å². The number of para-hydroxylation sites is 1. The van der Waals surface area contributed by atoms with E-state index in [1.165, 1.54) is 43.4 Å². The molecule has 4 N–H and O–H groups in total. The van der Waals surface area contributed by atoms with Crippen molar-refractivity contribution >= 4 is 78.6 Å². The average molecular weight is 998 g/mol. The van der Waals surface area contributed by atoms with Crippen molar-refractivity contribution in [3.05, 3.63) is 113 Å². The van der Waals surface area contributed by atoms with Crippen molar-refractivity contribution in [1.82, 2.24) is 40.2 Å². The lowest BCUT2D eigenvalue weighted by molar-refractivity contribution is -0.134. The molecule has 4 bridgehead atoms. The van der Waals surface area contributed by atoms with E-state index in [1.807, 2.05) is 72.9 Å². The summed E-state index contributed by atoms with van der Waals surface area (Å²) < 4.78 is 4.89. The highest BCUT2D eigenvalue weighted by molar-refractivity contribution is 7.22. The first-order chi connectivity index (χ1) is 35.4. The fourth-order valence-electron chi connectivity index (χ4n) is 13.2. The summed E-state index contributed by atoms with van der Waals surface area (Å²) in [6.07, 6.45) is 12.3. The zero-order chi connectivity index (χ0) is 50.0. The van der Waals surface area contributed by atoms with Crippen molar-refractivity contribution in [2.75, 3.05) is 28.6 Å². The van der Waals surface area contributed by atoms with Gasteiger partial charge in [-0.1, -0.05) is 42.0 Å². The zero-order valence-corrected chi connectivity index (χ0v) is 42.0. The second-order valence-corrected chi connectivity index (χ2v) is 22.2. The lowest BCUT2D eigenvalue weighted by Gasteiger charge is -2.33. The van der Waals surface area contributed by atoms with Gasteiger partial charge in [0.15, 0.2) is 5.13 Å². The largest absolute Gasteiger partial charge is 0.352 e. The van der Waals surface area contributed by atoms with Crippen molar-refractivity contribution in [3.63, 3.8) is 0 Å². The van der Waals surface area contributed by atoms with Crippen LogP contribution in [0, 0.1) is 30.1 Å². The summed E-state index contributed by atoms with van der Waals surface area (Å²) in [6, 6.07) is 23.2. The van der Waals surface area contributed by atoms with Gasteiger partial charge in [-0.05, 0) is 148 Å². The monoisotopic (exact) mass is 997 g/mol. The number of thiazole rings is 1. The number of carbonyl (C=O) groups excluding carboxylic acids is 5. The molecule has 1 saturated heterocycles. The van der Waals surface area contributed by atoms with Gasteiger partial charge in [0.25, 0.3) is 11.8 Å².